The van der Waals surface area contributed by atoms with Crippen molar-refractivity contribution in [3.8, 4) is 11.1 Å². The molecule has 0 aliphatic carbocycles. The van der Waals surface area contributed by atoms with E-state index in [1.807, 2.05) is 11.7 Å². The molecule has 3 heterocycles. The molecule has 1 aromatic heterocycles. The van der Waals surface area contributed by atoms with Gasteiger partial charge in [0.2, 0.25) is 0 Å². The van der Waals surface area contributed by atoms with Crippen LogP contribution in [0.4, 0.5) is 0 Å². The molecule has 1 saturated heterocycles. The Kier molecular flexibility index (Phi) is 7.80. The molecular weight excluding hydrogens is 450 g/mol. The molecule has 1 N–H and O–H groups in total. The lowest BCUT2D eigenvalue weighted by molar-refractivity contribution is 0.0374. The number of carbonyl (C=O) groups excluding carboxylic acids is 1. The summed E-state index contributed by atoms with van der Waals surface area (Å²) in [6, 6.07) is 17.3. The van der Waals surface area contributed by atoms with Crippen LogP contribution in [0.25, 0.3) is 11.1 Å². The summed E-state index contributed by atoms with van der Waals surface area (Å²) in [4.78, 5) is 17.9. The molecule has 2 aromatic carbocycles. The second-order valence-corrected chi connectivity index (χ2v) is 9.94. The van der Waals surface area contributed by atoms with Gasteiger partial charge in [0.15, 0.2) is 5.69 Å². The number of aromatic nitrogens is 2. The van der Waals surface area contributed by atoms with Crippen LogP contribution in [-0.4, -0.2) is 71.4 Å². The Morgan fingerprint density at radius 2 is 1.89 bits per heavy atom. The summed E-state index contributed by atoms with van der Waals surface area (Å²) in [5.41, 5.74) is 7.94. The number of nitrogens with zero attached hydrogens (tertiary/aromatic N) is 4. The highest BCUT2D eigenvalue weighted by molar-refractivity contribution is 5.94. The molecule has 3 aromatic rings. The molecule has 7 nitrogen and oxygen atoms in total. The van der Waals surface area contributed by atoms with Gasteiger partial charge < -0.3 is 10.1 Å². The smallest absolute Gasteiger partial charge is 0.272 e. The number of fused-ring (bicyclic) bond motifs is 1. The normalized spacial score (nSPS) is 16.6. The van der Waals surface area contributed by atoms with Crippen molar-refractivity contribution < 1.29 is 9.53 Å². The fourth-order valence-electron chi connectivity index (χ4n) is 5.37. The maximum atomic E-state index is 13.0. The minimum absolute atomic E-state index is 0.0581. The van der Waals surface area contributed by atoms with Crippen molar-refractivity contribution in [2.75, 3.05) is 45.9 Å². The van der Waals surface area contributed by atoms with Crippen molar-refractivity contribution >= 4 is 5.91 Å². The molecule has 0 radical (unpaired) electrons. The lowest BCUT2D eigenvalue weighted by Crippen LogP contribution is -2.38. The topological polar surface area (TPSA) is 62.6 Å². The van der Waals surface area contributed by atoms with Crippen LogP contribution in [0.15, 0.2) is 48.5 Å². The number of aryl methyl sites for hydroxylation is 2. The second kappa shape index (κ2) is 11.4. The summed E-state index contributed by atoms with van der Waals surface area (Å²) in [5, 5.41) is 7.72. The average molecular weight is 488 g/mol. The molecule has 0 bridgehead atoms. The van der Waals surface area contributed by atoms with E-state index in [0.717, 1.165) is 70.9 Å². The number of nitrogens with one attached hydrogen (secondary N) is 1. The van der Waals surface area contributed by atoms with E-state index in [1.165, 1.54) is 27.9 Å². The lowest BCUT2D eigenvalue weighted by Gasteiger charge is -2.27. The molecular formula is C29H37N5O2. The number of hydrogen-bond donors (Lipinski definition) is 1. The van der Waals surface area contributed by atoms with E-state index in [0.29, 0.717) is 12.2 Å². The Bertz CT molecular complexity index is 1200. The van der Waals surface area contributed by atoms with E-state index in [2.05, 4.69) is 75.7 Å². The van der Waals surface area contributed by atoms with Crippen molar-refractivity contribution in [2.24, 2.45) is 7.05 Å². The van der Waals surface area contributed by atoms with Gasteiger partial charge >= 0.3 is 0 Å². The number of hydrogen-bond acceptors (Lipinski definition) is 5. The number of benzene rings is 2. The molecule has 0 spiro atoms. The zero-order chi connectivity index (χ0) is 24.9. The highest BCUT2D eigenvalue weighted by Crippen LogP contribution is 2.27. The van der Waals surface area contributed by atoms with Crippen molar-refractivity contribution in [3.05, 3.63) is 76.6 Å². The molecule has 190 valence electrons. The van der Waals surface area contributed by atoms with Crippen molar-refractivity contribution in [1.82, 2.24) is 24.9 Å². The third kappa shape index (κ3) is 5.69. The first kappa shape index (κ1) is 24.7. The van der Waals surface area contributed by atoms with E-state index >= 15 is 0 Å². The van der Waals surface area contributed by atoms with Gasteiger partial charge in [-0.2, -0.15) is 5.10 Å². The number of rotatable bonds is 8. The molecule has 36 heavy (non-hydrogen) atoms. The summed E-state index contributed by atoms with van der Waals surface area (Å²) < 4.78 is 7.30. The van der Waals surface area contributed by atoms with Gasteiger partial charge in [0.1, 0.15) is 0 Å². The Hall–Kier alpha value is -3.00. The number of amides is 1. The van der Waals surface area contributed by atoms with E-state index in [1.54, 1.807) is 0 Å². The fraction of sp³-hybridized carbons (Fsp3) is 0.448. The first-order valence-electron chi connectivity index (χ1n) is 13.1. The number of carbonyl (C=O) groups is 1. The van der Waals surface area contributed by atoms with Gasteiger partial charge in [0.25, 0.3) is 5.91 Å². The van der Waals surface area contributed by atoms with Crippen LogP contribution >= 0.6 is 0 Å². The largest absolute Gasteiger partial charge is 0.379 e. The molecule has 0 unspecified atom stereocenters. The highest BCUT2D eigenvalue weighted by atomic mass is 16.5. The van der Waals surface area contributed by atoms with Gasteiger partial charge in [-0.15, -0.1) is 0 Å². The molecule has 1 fully saturated rings. The lowest BCUT2D eigenvalue weighted by atomic mass is 9.98. The number of ether oxygens (including phenoxy) is 1. The molecule has 1 amide bonds. The van der Waals surface area contributed by atoms with Gasteiger partial charge in [0, 0.05) is 64.0 Å². The number of morpholine rings is 1. The summed E-state index contributed by atoms with van der Waals surface area (Å²) in [7, 11) is 1.95. The third-order valence-corrected chi connectivity index (χ3v) is 7.37. The minimum Gasteiger partial charge on any atom is -0.379 e. The SMILES string of the molecule is Cc1ccccc1-c1cccc(CN2CCc3c(c(C(=O)NCCCN4CCOCC4)nn3C)C2)c1. The molecule has 7 heteroatoms. The molecule has 2 aliphatic heterocycles. The third-order valence-electron chi connectivity index (χ3n) is 7.37. The Labute approximate surface area is 214 Å². The second-order valence-electron chi connectivity index (χ2n) is 9.94. The van der Waals surface area contributed by atoms with Gasteiger partial charge in [-0.3, -0.25) is 19.3 Å². The zero-order valence-electron chi connectivity index (χ0n) is 21.5. The Morgan fingerprint density at radius 1 is 1.06 bits per heavy atom. The first-order valence-corrected chi connectivity index (χ1v) is 13.1. The summed E-state index contributed by atoms with van der Waals surface area (Å²) in [5.74, 6) is -0.0581. The fourth-order valence-corrected chi connectivity index (χ4v) is 5.37. The predicted molar refractivity (Wildman–Crippen MR) is 142 cm³/mol. The first-order chi connectivity index (χ1) is 17.6. The van der Waals surface area contributed by atoms with E-state index in [-0.39, 0.29) is 5.91 Å². The summed E-state index contributed by atoms with van der Waals surface area (Å²) in [6.07, 6.45) is 1.84. The van der Waals surface area contributed by atoms with Crippen LogP contribution in [0.5, 0.6) is 0 Å². The molecule has 5 rings (SSSR count). The summed E-state index contributed by atoms with van der Waals surface area (Å²) >= 11 is 0. The van der Waals surface area contributed by atoms with Crippen LogP contribution in [0.3, 0.4) is 0 Å². The van der Waals surface area contributed by atoms with Crippen LogP contribution in [0.1, 0.15) is 39.3 Å². The molecule has 0 atom stereocenters. The Balaban J connectivity index is 1.21. The van der Waals surface area contributed by atoms with Crippen LogP contribution < -0.4 is 5.32 Å². The quantitative estimate of drug-likeness (QED) is 0.494. The average Bonchev–Trinajstić information content (AvgIpc) is 3.23. The molecule has 0 saturated carbocycles. The van der Waals surface area contributed by atoms with Crippen molar-refractivity contribution in [1.29, 1.82) is 0 Å². The standard InChI is InChI=1S/C29H37N5O2/c1-22-7-3-4-10-25(22)24-9-5-8-23(19-24)20-34-14-11-27-26(21-34)28(31-32(27)2)29(35)30-12-6-13-33-15-17-36-18-16-33/h3-5,7-10,19H,6,11-18,20-21H2,1-2H3,(H,30,35). The minimum atomic E-state index is -0.0581. The summed E-state index contributed by atoms with van der Waals surface area (Å²) in [6.45, 7) is 9.93. The van der Waals surface area contributed by atoms with E-state index in [9.17, 15) is 4.79 Å². The van der Waals surface area contributed by atoms with Crippen molar-refractivity contribution in [3.63, 3.8) is 0 Å². The zero-order valence-corrected chi connectivity index (χ0v) is 21.5. The van der Waals surface area contributed by atoms with Crippen molar-refractivity contribution in [2.45, 2.75) is 32.9 Å². The monoisotopic (exact) mass is 487 g/mol. The van der Waals surface area contributed by atoms with Gasteiger partial charge in [-0.05, 0) is 48.2 Å². The van der Waals surface area contributed by atoms with Crippen LogP contribution in [0.2, 0.25) is 0 Å². The van der Waals surface area contributed by atoms with E-state index < -0.39 is 0 Å². The van der Waals surface area contributed by atoms with Gasteiger partial charge in [-0.25, -0.2) is 0 Å². The van der Waals surface area contributed by atoms with Crippen LogP contribution in [0, 0.1) is 6.92 Å². The predicted octanol–water partition coefficient (Wildman–Crippen LogP) is 3.41. The molecule has 2 aliphatic rings. The van der Waals surface area contributed by atoms with Gasteiger partial charge in [-0.1, -0.05) is 42.5 Å². The maximum absolute atomic E-state index is 13.0. The highest BCUT2D eigenvalue weighted by Gasteiger charge is 2.27. The van der Waals surface area contributed by atoms with Gasteiger partial charge in [0.05, 0.1) is 13.2 Å². The van der Waals surface area contributed by atoms with Crippen LogP contribution in [-0.2, 0) is 31.3 Å². The van der Waals surface area contributed by atoms with E-state index in [4.69, 9.17) is 4.74 Å². The Morgan fingerprint density at radius 3 is 2.72 bits per heavy atom. The maximum Gasteiger partial charge on any atom is 0.272 e.